The maximum Gasteiger partial charge on any atom is 0.293 e. The van der Waals surface area contributed by atoms with Gasteiger partial charge < -0.3 is 9.47 Å². The molecule has 4 rings (SSSR count). The Morgan fingerprint density at radius 2 is 1.72 bits per heavy atom. The van der Waals surface area contributed by atoms with Gasteiger partial charge in [-0.25, -0.2) is 0 Å². The first kappa shape index (κ1) is 25.3. The molecule has 0 unspecified atom stereocenters. The van der Waals surface area contributed by atoms with Gasteiger partial charge in [-0.05, 0) is 66.9 Å². The fourth-order valence-corrected chi connectivity index (χ4v) is 4.73. The van der Waals surface area contributed by atoms with Gasteiger partial charge >= 0.3 is 0 Å². The molecule has 184 valence electrons. The summed E-state index contributed by atoms with van der Waals surface area (Å²) in [6, 6.07) is 21.6. The van der Waals surface area contributed by atoms with E-state index in [2.05, 4.69) is 6.58 Å². The summed E-state index contributed by atoms with van der Waals surface area (Å²) in [4.78, 5) is 27.4. The highest BCUT2D eigenvalue weighted by Gasteiger charge is 2.35. The number of allylic oxidation sites excluding steroid dienone is 1. The number of hydrogen-bond acceptors (Lipinski definition) is 5. The lowest BCUT2D eigenvalue weighted by Crippen LogP contribution is -2.27. The zero-order chi connectivity index (χ0) is 25.5. The van der Waals surface area contributed by atoms with Crippen molar-refractivity contribution in [1.29, 1.82) is 0 Å². The van der Waals surface area contributed by atoms with Crippen LogP contribution in [0.1, 0.15) is 34.7 Å². The van der Waals surface area contributed by atoms with Crippen molar-refractivity contribution in [3.8, 4) is 11.5 Å². The molecule has 2 amide bonds. The van der Waals surface area contributed by atoms with Crippen molar-refractivity contribution in [3.63, 3.8) is 0 Å². The summed E-state index contributed by atoms with van der Waals surface area (Å²) in [5.41, 5.74) is 4.76. The van der Waals surface area contributed by atoms with Crippen molar-refractivity contribution in [1.82, 2.24) is 4.90 Å². The average Bonchev–Trinajstić information content (AvgIpc) is 3.13. The van der Waals surface area contributed by atoms with E-state index in [4.69, 9.17) is 9.47 Å². The van der Waals surface area contributed by atoms with E-state index in [9.17, 15) is 9.59 Å². The maximum atomic E-state index is 13.1. The molecule has 1 heterocycles. The highest BCUT2D eigenvalue weighted by atomic mass is 32.2. The minimum Gasteiger partial charge on any atom is -0.490 e. The SMILES string of the molecule is C=CCc1cc(/C=C2\SC(=O)N(Cc3ccc(C)cc3)C2=O)cc(OCC)c1OCc1ccccc1. The van der Waals surface area contributed by atoms with Gasteiger partial charge in [-0.3, -0.25) is 14.5 Å². The molecule has 0 saturated carbocycles. The monoisotopic (exact) mass is 499 g/mol. The molecule has 6 heteroatoms. The number of benzene rings is 3. The number of thioether (sulfide) groups is 1. The van der Waals surface area contributed by atoms with Crippen molar-refractivity contribution in [2.75, 3.05) is 6.61 Å². The van der Waals surface area contributed by atoms with E-state index >= 15 is 0 Å². The lowest BCUT2D eigenvalue weighted by Gasteiger charge is -2.17. The summed E-state index contributed by atoms with van der Waals surface area (Å²) in [6.45, 7) is 8.92. The summed E-state index contributed by atoms with van der Waals surface area (Å²) >= 11 is 0.956. The number of hydrogen-bond donors (Lipinski definition) is 0. The van der Waals surface area contributed by atoms with Crippen LogP contribution in [0.2, 0.25) is 0 Å². The number of carbonyl (C=O) groups excluding carboxylic acids is 2. The minimum atomic E-state index is -0.293. The van der Waals surface area contributed by atoms with Gasteiger partial charge in [0.15, 0.2) is 11.5 Å². The molecule has 1 aliphatic rings. The Hall–Kier alpha value is -3.77. The molecular weight excluding hydrogens is 470 g/mol. The van der Waals surface area contributed by atoms with E-state index in [1.165, 1.54) is 4.90 Å². The van der Waals surface area contributed by atoms with Crippen molar-refractivity contribution >= 4 is 29.0 Å². The zero-order valence-corrected chi connectivity index (χ0v) is 21.3. The standard InChI is InChI=1S/C30H29NO4S/c1-4-9-25-16-24(17-26(34-5-2)28(25)35-20-23-10-7-6-8-11-23)18-27-29(32)31(30(33)36-27)19-22-14-12-21(3)13-15-22/h4,6-8,10-18H,1,5,9,19-20H2,2-3H3/b27-18-. The molecule has 1 fully saturated rings. The first-order valence-electron chi connectivity index (χ1n) is 11.9. The lowest BCUT2D eigenvalue weighted by molar-refractivity contribution is -0.123. The van der Waals surface area contributed by atoms with Crippen LogP contribution in [0.3, 0.4) is 0 Å². The zero-order valence-electron chi connectivity index (χ0n) is 20.5. The molecule has 3 aromatic rings. The Morgan fingerprint density at radius 1 is 0.972 bits per heavy atom. The highest BCUT2D eigenvalue weighted by Crippen LogP contribution is 2.38. The van der Waals surface area contributed by atoms with Gasteiger partial charge in [0.05, 0.1) is 18.1 Å². The number of aryl methyl sites for hydroxylation is 1. The van der Waals surface area contributed by atoms with Gasteiger partial charge in [0.25, 0.3) is 11.1 Å². The number of nitrogens with zero attached hydrogens (tertiary/aromatic N) is 1. The number of rotatable bonds is 10. The Bertz CT molecular complexity index is 1280. The maximum absolute atomic E-state index is 13.1. The van der Waals surface area contributed by atoms with Crippen LogP contribution in [-0.4, -0.2) is 22.7 Å². The number of imide groups is 1. The van der Waals surface area contributed by atoms with Crippen molar-refractivity contribution in [2.45, 2.75) is 33.4 Å². The number of carbonyl (C=O) groups is 2. The van der Waals surface area contributed by atoms with E-state index < -0.39 is 0 Å². The second-order valence-electron chi connectivity index (χ2n) is 8.46. The van der Waals surface area contributed by atoms with E-state index in [-0.39, 0.29) is 17.7 Å². The van der Waals surface area contributed by atoms with Gasteiger partial charge in [-0.15, -0.1) is 6.58 Å². The predicted molar refractivity (Wildman–Crippen MR) is 145 cm³/mol. The van der Waals surface area contributed by atoms with Crippen LogP contribution in [0.15, 0.2) is 84.3 Å². The molecule has 1 aliphatic heterocycles. The van der Waals surface area contributed by atoms with Gasteiger partial charge in [0.1, 0.15) is 6.61 Å². The first-order chi connectivity index (χ1) is 17.5. The predicted octanol–water partition coefficient (Wildman–Crippen LogP) is 6.94. The fraction of sp³-hybridized carbons (Fsp3) is 0.200. The molecular formula is C30H29NO4S. The third kappa shape index (κ3) is 6.07. The van der Waals surface area contributed by atoms with E-state index in [1.54, 1.807) is 12.2 Å². The largest absolute Gasteiger partial charge is 0.490 e. The normalized spacial score (nSPS) is 14.4. The minimum absolute atomic E-state index is 0.250. The molecule has 0 radical (unpaired) electrons. The smallest absolute Gasteiger partial charge is 0.293 e. The molecule has 0 spiro atoms. The van der Waals surface area contributed by atoms with Crippen LogP contribution in [-0.2, 0) is 24.4 Å². The summed E-state index contributed by atoms with van der Waals surface area (Å²) in [6.07, 6.45) is 4.12. The topological polar surface area (TPSA) is 55.8 Å². The molecule has 0 aliphatic carbocycles. The second kappa shape index (κ2) is 11.8. The van der Waals surface area contributed by atoms with E-state index in [0.717, 1.165) is 39.6 Å². The second-order valence-corrected chi connectivity index (χ2v) is 9.45. The third-order valence-corrected chi connectivity index (χ3v) is 6.58. The molecule has 0 aromatic heterocycles. The van der Waals surface area contributed by atoms with Crippen molar-refractivity contribution in [3.05, 3.63) is 112 Å². The average molecular weight is 500 g/mol. The van der Waals surface area contributed by atoms with Crippen LogP contribution >= 0.6 is 11.8 Å². The highest BCUT2D eigenvalue weighted by molar-refractivity contribution is 8.18. The fourth-order valence-electron chi connectivity index (χ4n) is 3.89. The van der Waals surface area contributed by atoms with Gasteiger partial charge in [0, 0.05) is 5.56 Å². The molecule has 0 atom stereocenters. The van der Waals surface area contributed by atoms with Crippen LogP contribution in [0.5, 0.6) is 11.5 Å². The van der Waals surface area contributed by atoms with Crippen LogP contribution in [0, 0.1) is 6.92 Å². The third-order valence-electron chi connectivity index (χ3n) is 5.68. The summed E-state index contributed by atoms with van der Waals surface area (Å²) < 4.78 is 12.1. The van der Waals surface area contributed by atoms with Crippen LogP contribution < -0.4 is 9.47 Å². The van der Waals surface area contributed by atoms with Gasteiger partial charge in [0.2, 0.25) is 0 Å². The Labute approximate surface area is 216 Å². The van der Waals surface area contributed by atoms with Gasteiger partial charge in [-0.1, -0.05) is 66.2 Å². The molecule has 1 saturated heterocycles. The quantitative estimate of drug-likeness (QED) is 0.223. The first-order valence-corrected chi connectivity index (χ1v) is 12.7. The Kier molecular flexibility index (Phi) is 8.28. The van der Waals surface area contributed by atoms with Crippen molar-refractivity contribution < 1.29 is 19.1 Å². The van der Waals surface area contributed by atoms with Gasteiger partial charge in [-0.2, -0.15) is 0 Å². The lowest BCUT2D eigenvalue weighted by atomic mass is 10.0. The number of amides is 2. The molecule has 5 nitrogen and oxygen atoms in total. The molecule has 0 N–H and O–H groups in total. The van der Waals surface area contributed by atoms with Crippen LogP contribution in [0.4, 0.5) is 4.79 Å². The van der Waals surface area contributed by atoms with E-state index in [0.29, 0.717) is 36.0 Å². The Balaban J connectivity index is 1.61. The summed E-state index contributed by atoms with van der Waals surface area (Å²) in [7, 11) is 0. The molecule has 3 aromatic carbocycles. The Morgan fingerprint density at radius 3 is 2.42 bits per heavy atom. The number of ether oxygens (including phenoxy) is 2. The van der Waals surface area contributed by atoms with Crippen molar-refractivity contribution in [2.24, 2.45) is 0 Å². The molecule has 0 bridgehead atoms. The summed E-state index contributed by atoms with van der Waals surface area (Å²) in [5.74, 6) is 0.960. The summed E-state index contributed by atoms with van der Waals surface area (Å²) in [5, 5.41) is -0.272. The van der Waals surface area contributed by atoms with Crippen LogP contribution in [0.25, 0.3) is 6.08 Å². The van der Waals surface area contributed by atoms with E-state index in [1.807, 2.05) is 80.6 Å². The molecule has 36 heavy (non-hydrogen) atoms.